The first-order valence-electron chi connectivity index (χ1n) is 17.7. The van der Waals surface area contributed by atoms with Gasteiger partial charge >= 0.3 is 0 Å². The highest BCUT2D eigenvalue weighted by molar-refractivity contribution is 7.92. The van der Waals surface area contributed by atoms with E-state index in [0.29, 0.717) is 27.1 Å². The van der Waals surface area contributed by atoms with Crippen molar-refractivity contribution in [1.82, 2.24) is 10.2 Å². The summed E-state index contributed by atoms with van der Waals surface area (Å²) in [7, 11) is -4.27. The Morgan fingerprint density at radius 1 is 0.755 bits per heavy atom. The van der Waals surface area contributed by atoms with E-state index >= 15 is 0 Å². The average molecular weight is 771 g/mol. The van der Waals surface area contributed by atoms with Gasteiger partial charge in [0.05, 0.1) is 10.6 Å². The second-order valence-corrected chi connectivity index (χ2v) is 15.7. The van der Waals surface area contributed by atoms with Gasteiger partial charge in [0.15, 0.2) is 0 Å². The Balaban J connectivity index is 1.39. The molecule has 0 saturated heterocycles. The van der Waals surface area contributed by atoms with Crippen LogP contribution in [0.3, 0.4) is 0 Å². The number of nitrogens with one attached hydrogen (secondary N) is 1. The van der Waals surface area contributed by atoms with Crippen LogP contribution < -0.4 is 14.4 Å². The van der Waals surface area contributed by atoms with E-state index in [9.17, 15) is 18.0 Å². The lowest BCUT2D eigenvalue weighted by atomic mass is 9.94. The van der Waals surface area contributed by atoms with E-state index in [1.54, 1.807) is 60.7 Å². The molecule has 0 bridgehead atoms. The van der Waals surface area contributed by atoms with Crippen LogP contribution in [0, 0.1) is 0 Å². The number of nitrogens with zero attached hydrogens (tertiary/aromatic N) is 2. The van der Waals surface area contributed by atoms with Gasteiger partial charge in [-0.1, -0.05) is 115 Å². The quantitative estimate of drug-likeness (QED) is 0.122. The van der Waals surface area contributed by atoms with Gasteiger partial charge in [0.2, 0.25) is 11.8 Å². The molecule has 6 rings (SSSR count). The van der Waals surface area contributed by atoms with E-state index in [1.807, 2.05) is 60.7 Å². The molecule has 11 heteroatoms. The summed E-state index contributed by atoms with van der Waals surface area (Å²) in [5, 5.41) is 3.97. The maximum Gasteiger partial charge on any atom is 0.264 e. The number of hydrogen-bond donors (Lipinski definition) is 1. The van der Waals surface area contributed by atoms with Gasteiger partial charge in [0.1, 0.15) is 24.1 Å². The molecule has 1 aliphatic rings. The smallest absolute Gasteiger partial charge is 0.264 e. The molecule has 8 nitrogen and oxygen atoms in total. The molecule has 5 aromatic carbocycles. The number of ether oxygens (including phenoxy) is 1. The van der Waals surface area contributed by atoms with Gasteiger partial charge in [-0.15, -0.1) is 0 Å². The molecule has 1 atom stereocenters. The SMILES string of the molecule is O=C(NC1CCCCC1)[C@H](Cc1ccccc1)N(Cc1ccc(Cl)cc1Cl)C(=O)CN(c1ccc(Oc2ccccc2)cc1)S(=O)(=O)c1ccccc1. The number of sulfonamides is 1. The fourth-order valence-corrected chi connectivity index (χ4v) is 8.39. The molecule has 0 aromatic heterocycles. The van der Waals surface area contributed by atoms with Gasteiger partial charge in [-0.2, -0.15) is 0 Å². The van der Waals surface area contributed by atoms with Crippen LogP contribution in [0.4, 0.5) is 5.69 Å². The number of anilines is 1. The highest BCUT2D eigenvalue weighted by Gasteiger charge is 2.35. The van der Waals surface area contributed by atoms with Crippen LogP contribution in [0.1, 0.15) is 43.2 Å². The summed E-state index contributed by atoms with van der Waals surface area (Å²) in [6.07, 6.45) is 5.05. The Bertz CT molecular complexity index is 2080. The number of carbonyl (C=O) groups excluding carboxylic acids is 2. The molecule has 1 fully saturated rings. The zero-order valence-electron chi connectivity index (χ0n) is 29.1. The van der Waals surface area contributed by atoms with Gasteiger partial charge in [0.25, 0.3) is 10.0 Å². The lowest BCUT2D eigenvalue weighted by molar-refractivity contribution is -0.140. The summed E-state index contributed by atoms with van der Waals surface area (Å²) in [6.45, 7) is -0.656. The summed E-state index contributed by atoms with van der Waals surface area (Å²) in [6, 6.07) is 37.1. The highest BCUT2D eigenvalue weighted by atomic mass is 35.5. The molecule has 0 aliphatic heterocycles. The predicted molar refractivity (Wildman–Crippen MR) is 210 cm³/mol. The summed E-state index contributed by atoms with van der Waals surface area (Å²) >= 11 is 12.9. The molecule has 0 unspecified atom stereocenters. The zero-order valence-corrected chi connectivity index (χ0v) is 31.4. The first kappa shape index (κ1) is 37.9. The van der Waals surface area contributed by atoms with Crippen molar-refractivity contribution < 1.29 is 22.7 Å². The van der Waals surface area contributed by atoms with Gasteiger partial charge < -0.3 is 15.0 Å². The van der Waals surface area contributed by atoms with E-state index in [0.717, 1.165) is 42.0 Å². The maximum atomic E-state index is 14.9. The first-order valence-corrected chi connectivity index (χ1v) is 19.9. The lowest BCUT2D eigenvalue weighted by Gasteiger charge is -2.35. The van der Waals surface area contributed by atoms with Crippen LogP contribution in [0.25, 0.3) is 0 Å². The maximum absolute atomic E-state index is 14.9. The summed E-state index contributed by atoms with van der Waals surface area (Å²) in [5.74, 6) is 0.222. The minimum atomic E-state index is -4.27. The van der Waals surface area contributed by atoms with Crippen LogP contribution in [-0.4, -0.2) is 43.8 Å². The van der Waals surface area contributed by atoms with Crippen LogP contribution in [0.2, 0.25) is 10.0 Å². The number of amides is 2. The van der Waals surface area contributed by atoms with Gasteiger partial charge in [-0.3, -0.25) is 13.9 Å². The van der Waals surface area contributed by atoms with E-state index in [1.165, 1.54) is 17.0 Å². The Kier molecular flexibility index (Phi) is 12.7. The average Bonchev–Trinajstić information content (AvgIpc) is 3.18. The Morgan fingerprint density at radius 2 is 1.36 bits per heavy atom. The van der Waals surface area contributed by atoms with Crippen molar-refractivity contribution in [3.05, 3.63) is 155 Å². The molecule has 274 valence electrons. The standard InChI is InChI=1S/C42H41Cl2N3O5S/c43-33-22-21-32(39(44)28-33)29-46(40(27-31-13-5-1-6-14-31)42(49)45-34-15-7-2-8-16-34)41(48)30-47(53(50,51)38-19-11-4-12-20-38)35-23-25-37(26-24-35)52-36-17-9-3-10-18-36/h1,3-6,9-14,17-26,28,34,40H,2,7-8,15-16,27,29-30H2,(H,45,49)/t40-/m0/s1. The molecule has 0 spiro atoms. The number of halogens is 2. The zero-order chi connectivity index (χ0) is 37.2. The number of carbonyl (C=O) groups is 2. The molecule has 0 heterocycles. The van der Waals surface area contributed by atoms with Crippen LogP contribution in [0.15, 0.2) is 138 Å². The Hall–Kier alpha value is -4.83. The van der Waals surface area contributed by atoms with Crippen molar-refractivity contribution in [2.75, 3.05) is 10.8 Å². The molecule has 1 saturated carbocycles. The van der Waals surface area contributed by atoms with Crippen molar-refractivity contribution in [2.45, 2.75) is 62.0 Å². The van der Waals surface area contributed by atoms with Gasteiger partial charge in [-0.05, 0) is 84.6 Å². The van der Waals surface area contributed by atoms with E-state index in [2.05, 4.69) is 5.32 Å². The number of hydrogen-bond acceptors (Lipinski definition) is 5. The van der Waals surface area contributed by atoms with Gasteiger partial charge in [-0.25, -0.2) is 8.42 Å². The molecule has 0 radical (unpaired) electrons. The molecule has 2 amide bonds. The molecule has 1 N–H and O–H groups in total. The minimum Gasteiger partial charge on any atom is -0.457 e. The van der Waals surface area contributed by atoms with Crippen LogP contribution in [-0.2, 0) is 32.6 Å². The van der Waals surface area contributed by atoms with Crippen LogP contribution in [0.5, 0.6) is 11.5 Å². The molecular formula is C42H41Cl2N3O5S. The predicted octanol–water partition coefficient (Wildman–Crippen LogP) is 9.07. The molecular weight excluding hydrogens is 729 g/mol. The minimum absolute atomic E-state index is 0.0144. The fraction of sp³-hybridized carbons (Fsp3) is 0.238. The topological polar surface area (TPSA) is 96.0 Å². The third-order valence-electron chi connectivity index (χ3n) is 9.29. The number of rotatable bonds is 14. The second kappa shape index (κ2) is 17.8. The Labute approximate surface area is 321 Å². The summed E-state index contributed by atoms with van der Waals surface area (Å²) < 4.78 is 35.8. The van der Waals surface area contributed by atoms with Crippen molar-refractivity contribution in [1.29, 1.82) is 0 Å². The van der Waals surface area contributed by atoms with E-state index < -0.39 is 28.5 Å². The van der Waals surface area contributed by atoms with Crippen molar-refractivity contribution in [2.24, 2.45) is 0 Å². The van der Waals surface area contributed by atoms with Crippen molar-refractivity contribution in [3.63, 3.8) is 0 Å². The Morgan fingerprint density at radius 3 is 2.00 bits per heavy atom. The number of para-hydroxylation sites is 1. The molecule has 53 heavy (non-hydrogen) atoms. The number of benzene rings is 5. The second-order valence-electron chi connectivity index (χ2n) is 13.0. The largest absolute Gasteiger partial charge is 0.457 e. The first-order chi connectivity index (χ1) is 25.7. The lowest BCUT2D eigenvalue weighted by Crippen LogP contribution is -2.55. The van der Waals surface area contributed by atoms with E-state index in [4.69, 9.17) is 27.9 Å². The normalized spacial score (nSPS) is 13.8. The third kappa shape index (κ3) is 9.99. The molecule has 5 aromatic rings. The highest BCUT2D eigenvalue weighted by Crippen LogP contribution is 2.30. The summed E-state index contributed by atoms with van der Waals surface area (Å²) in [4.78, 5) is 30.7. The monoisotopic (exact) mass is 769 g/mol. The fourth-order valence-electron chi connectivity index (χ4n) is 6.49. The van der Waals surface area contributed by atoms with Crippen molar-refractivity contribution >= 4 is 50.7 Å². The van der Waals surface area contributed by atoms with Crippen molar-refractivity contribution in [3.8, 4) is 11.5 Å². The third-order valence-corrected chi connectivity index (χ3v) is 11.7. The molecule has 1 aliphatic carbocycles. The summed E-state index contributed by atoms with van der Waals surface area (Å²) in [5.41, 5.74) is 1.66. The van der Waals surface area contributed by atoms with Crippen LogP contribution >= 0.6 is 23.2 Å². The van der Waals surface area contributed by atoms with Gasteiger partial charge in [0, 0.05) is 29.1 Å². The van der Waals surface area contributed by atoms with E-state index in [-0.39, 0.29) is 35.5 Å².